The van der Waals surface area contributed by atoms with E-state index < -0.39 is 21.7 Å². The molecule has 150 valence electrons. The highest BCUT2D eigenvalue weighted by Gasteiger charge is 2.43. The number of sulfone groups is 1. The van der Waals surface area contributed by atoms with Crippen LogP contribution in [0.4, 0.5) is 4.39 Å². The highest BCUT2D eigenvalue weighted by Crippen LogP contribution is 2.38. The Hall–Kier alpha value is -2.29. The van der Waals surface area contributed by atoms with E-state index in [4.69, 9.17) is 0 Å². The largest absolute Gasteiger partial charge is 0.339 e. The van der Waals surface area contributed by atoms with E-state index in [0.29, 0.717) is 28.8 Å². The molecule has 4 rings (SSSR count). The Balaban J connectivity index is 1.67. The predicted molar refractivity (Wildman–Crippen MR) is 100 cm³/mol. The zero-order valence-electron chi connectivity index (χ0n) is 15.8. The van der Waals surface area contributed by atoms with Gasteiger partial charge in [0, 0.05) is 36.2 Å². The average Bonchev–Trinajstić information content (AvgIpc) is 3.06. The van der Waals surface area contributed by atoms with Crippen molar-refractivity contribution in [1.29, 1.82) is 0 Å². The number of carbonyl (C=O) groups excluding carboxylic acids is 2. The first-order valence-corrected chi connectivity index (χ1v) is 11.2. The average molecular weight is 407 g/mol. The van der Waals surface area contributed by atoms with Crippen LogP contribution in [0.5, 0.6) is 0 Å². The number of nitrogens with zero attached hydrogens (tertiary/aromatic N) is 3. The van der Waals surface area contributed by atoms with Crippen molar-refractivity contribution in [3.05, 3.63) is 34.9 Å². The van der Waals surface area contributed by atoms with Gasteiger partial charge in [-0.15, -0.1) is 0 Å². The Kier molecular flexibility index (Phi) is 4.52. The molecule has 3 aliphatic rings. The fourth-order valence-electron chi connectivity index (χ4n) is 4.21. The summed E-state index contributed by atoms with van der Waals surface area (Å²) in [6.45, 7) is 3.92. The van der Waals surface area contributed by atoms with Crippen LogP contribution in [-0.4, -0.2) is 65.7 Å². The molecule has 7 nitrogen and oxygen atoms in total. The number of hydrogen-bond acceptors (Lipinski definition) is 5. The first kappa shape index (κ1) is 19.0. The molecule has 0 saturated carbocycles. The second-order valence-electron chi connectivity index (χ2n) is 7.83. The second kappa shape index (κ2) is 6.65. The lowest BCUT2D eigenvalue weighted by Gasteiger charge is -2.40. The van der Waals surface area contributed by atoms with Gasteiger partial charge in [-0.05, 0) is 5.92 Å². The van der Waals surface area contributed by atoms with E-state index in [1.54, 1.807) is 6.08 Å². The monoisotopic (exact) mass is 407 g/mol. The Morgan fingerprint density at radius 3 is 2.57 bits per heavy atom. The molecule has 28 heavy (non-hydrogen) atoms. The summed E-state index contributed by atoms with van der Waals surface area (Å²) in [5.74, 6) is -1.42. The van der Waals surface area contributed by atoms with Crippen LogP contribution < -0.4 is 0 Å². The molecule has 9 heteroatoms. The van der Waals surface area contributed by atoms with Crippen LogP contribution in [-0.2, 0) is 32.4 Å². The standard InChI is InChI=1S/C19H22FN3O4S/c1-11(2)17(19(25)22-5-7-28(26,27)8-6-22)23-10-13-14(20)9-21-15-4-3-12(16(13)15)18(23)24/h3,9,11,17H,4-8,10H2,1-2H3/t17-/m1/s1. The minimum atomic E-state index is -3.12. The zero-order chi connectivity index (χ0) is 20.2. The van der Waals surface area contributed by atoms with E-state index in [2.05, 4.69) is 4.98 Å². The number of pyridine rings is 1. The van der Waals surface area contributed by atoms with Crippen molar-refractivity contribution in [2.24, 2.45) is 5.92 Å². The van der Waals surface area contributed by atoms with Gasteiger partial charge in [-0.1, -0.05) is 19.9 Å². The fourth-order valence-corrected chi connectivity index (χ4v) is 5.41. The van der Waals surface area contributed by atoms with Crippen LogP contribution in [0.15, 0.2) is 12.3 Å². The lowest BCUT2D eigenvalue weighted by molar-refractivity contribution is -0.145. The summed E-state index contributed by atoms with van der Waals surface area (Å²) in [7, 11) is -3.12. The highest BCUT2D eigenvalue weighted by atomic mass is 32.2. The Morgan fingerprint density at radius 2 is 1.93 bits per heavy atom. The third kappa shape index (κ3) is 3.01. The molecule has 0 spiro atoms. The minimum Gasteiger partial charge on any atom is -0.339 e. The van der Waals surface area contributed by atoms with Crippen LogP contribution in [0.25, 0.3) is 5.57 Å². The topological polar surface area (TPSA) is 87.7 Å². The van der Waals surface area contributed by atoms with E-state index in [1.165, 1.54) is 16.0 Å². The molecule has 0 aromatic carbocycles. The molecular weight excluding hydrogens is 385 g/mol. The molecule has 0 bridgehead atoms. The lowest BCUT2D eigenvalue weighted by Crippen LogP contribution is -2.56. The number of halogens is 1. The maximum atomic E-state index is 14.5. The number of aromatic nitrogens is 1. The van der Waals surface area contributed by atoms with Gasteiger partial charge in [0.05, 0.1) is 29.9 Å². The molecule has 0 radical (unpaired) electrons. The maximum Gasteiger partial charge on any atom is 0.255 e. The Labute approximate surface area is 163 Å². The number of amides is 2. The molecule has 1 fully saturated rings. The smallest absolute Gasteiger partial charge is 0.255 e. The van der Waals surface area contributed by atoms with Gasteiger partial charge >= 0.3 is 0 Å². The van der Waals surface area contributed by atoms with Crippen LogP contribution in [0.2, 0.25) is 0 Å². The van der Waals surface area contributed by atoms with Crippen molar-refractivity contribution in [3.63, 3.8) is 0 Å². The molecule has 1 aromatic rings. The van der Waals surface area contributed by atoms with E-state index in [9.17, 15) is 22.4 Å². The van der Waals surface area contributed by atoms with Gasteiger partial charge in [0.15, 0.2) is 9.84 Å². The van der Waals surface area contributed by atoms with Crippen molar-refractivity contribution in [2.75, 3.05) is 24.6 Å². The molecule has 1 aromatic heterocycles. The summed E-state index contributed by atoms with van der Waals surface area (Å²) in [5.41, 5.74) is 2.06. The van der Waals surface area contributed by atoms with Gasteiger partial charge < -0.3 is 9.80 Å². The number of carbonyl (C=O) groups is 2. The van der Waals surface area contributed by atoms with Crippen LogP contribution >= 0.6 is 0 Å². The molecule has 2 amide bonds. The zero-order valence-corrected chi connectivity index (χ0v) is 16.6. The number of allylic oxidation sites excluding steroid dienone is 1. The molecule has 2 aliphatic heterocycles. The van der Waals surface area contributed by atoms with E-state index in [0.717, 1.165) is 0 Å². The molecule has 1 saturated heterocycles. The summed E-state index contributed by atoms with van der Waals surface area (Å²) in [6, 6.07) is -0.779. The van der Waals surface area contributed by atoms with Gasteiger partial charge in [-0.2, -0.15) is 0 Å². The maximum absolute atomic E-state index is 14.5. The predicted octanol–water partition coefficient (Wildman–Crippen LogP) is 0.784. The second-order valence-corrected chi connectivity index (χ2v) is 10.1. The molecule has 1 atom stereocenters. The van der Waals surface area contributed by atoms with Crippen LogP contribution in [0, 0.1) is 11.7 Å². The summed E-state index contributed by atoms with van der Waals surface area (Å²) >= 11 is 0. The van der Waals surface area contributed by atoms with E-state index in [1.807, 2.05) is 13.8 Å². The van der Waals surface area contributed by atoms with Gasteiger partial charge in [-0.25, -0.2) is 12.8 Å². The third-order valence-corrected chi connectivity index (χ3v) is 7.29. The van der Waals surface area contributed by atoms with Gasteiger partial charge in [0.2, 0.25) is 5.91 Å². The van der Waals surface area contributed by atoms with Crippen molar-refractivity contribution >= 4 is 27.2 Å². The van der Waals surface area contributed by atoms with E-state index in [-0.39, 0.29) is 48.9 Å². The van der Waals surface area contributed by atoms with Crippen molar-refractivity contribution in [3.8, 4) is 0 Å². The minimum absolute atomic E-state index is 0.00753. The molecular formula is C19H22FN3O4S. The molecule has 0 N–H and O–H groups in total. The van der Waals surface area contributed by atoms with Gasteiger partial charge in [0.1, 0.15) is 11.9 Å². The summed E-state index contributed by atoms with van der Waals surface area (Å²) in [4.78, 5) is 33.4. The van der Waals surface area contributed by atoms with Crippen molar-refractivity contribution in [1.82, 2.24) is 14.8 Å². The van der Waals surface area contributed by atoms with Crippen LogP contribution in [0.3, 0.4) is 0 Å². The van der Waals surface area contributed by atoms with Crippen molar-refractivity contribution < 1.29 is 22.4 Å². The van der Waals surface area contributed by atoms with Gasteiger partial charge in [0.25, 0.3) is 5.91 Å². The highest BCUT2D eigenvalue weighted by molar-refractivity contribution is 7.91. The number of hydrogen-bond donors (Lipinski definition) is 0. The van der Waals surface area contributed by atoms with E-state index >= 15 is 0 Å². The first-order chi connectivity index (χ1) is 13.2. The lowest BCUT2D eigenvalue weighted by atomic mass is 9.92. The molecule has 1 aliphatic carbocycles. The molecule has 0 unspecified atom stereocenters. The van der Waals surface area contributed by atoms with Crippen molar-refractivity contribution in [2.45, 2.75) is 32.9 Å². The van der Waals surface area contributed by atoms with Gasteiger partial charge in [-0.3, -0.25) is 14.6 Å². The normalized spacial score (nSPS) is 21.6. The first-order valence-electron chi connectivity index (χ1n) is 9.36. The molecule has 3 heterocycles. The Morgan fingerprint density at radius 1 is 1.25 bits per heavy atom. The summed E-state index contributed by atoms with van der Waals surface area (Å²) in [5, 5.41) is 0. The quantitative estimate of drug-likeness (QED) is 0.739. The fraction of sp³-hybridized carbons (Fsp3) is 0.526. The Bertz CT molecular complexity index is 989. The van der Waals surface area contributed by atoms with Crippen LogP contribution in [0.1, 0.15) is 30.7 Å². The SMILES string of the molecule is CC(C)[C@H](C(=O)N1CCS(=O)(=O)CC1)N1Cc2c(F)cnc3c2C(=CC3)C1=O. The number of rotatable bonds is 3. The summed E-state index contributed by atoms with van der Waals surface area (Å²) < 4.78 is 37.8. The summed E-state index contributed by atoms with van der Waals surface area (Å²) in [6.07, 6.45) is 3.38. The third-order valence-electron chi connectivity index (χ3n) is 5.68.